The van der Waals surface area contributed by atoms with Crippen LogP contribution in [0.5, 0.6) is 0 Å². The van der Waals surface area contributed by atoms with Gasteiger partial charge in [0.1, 0.15) is 0 Å². The van der Waals surface area contributed by atoms with E-state index in [1.807, 2.05) is 13.0 Å². The van der Waals surface area contributed by atoms with E-state index in [4.69, 9.17) is 10.8 Å². The van der Waals surface area contributed by atoms with E-state index in [0.29, 0.717) is 12.0 Å². The fourth-order valence-electron chi connectivity index (χ4n) is 1.63. The van der Waals surface area contributed by atoms with Crippen molar-refractivity contribution >= 4 is 11.8 Å². The number of carbonyl (C=O) groups excluding carboxylic acids is 2. The van der Waals surface area contributed by atoms with Crippen LogP contribution >= 0.6 is 0 Å². The Labute approximate surface area is 118 Å². The summed E-state index contributed by atoms with van der Waals surface area (Å²) in [6.45, 7) is 2.04. The molecular weight excluding hydrogens is 256 g/mol. The molecule has 0 fully saturated rings. The van der Waals surface area contributed by atoms with Crippen LogP contribution in [0.2, 0.25) is 0 Å². The Bertz CT molecular complexity index is 556. The minimum Gasteiger partial charge on any atom is -0.395 e. The largest absolute Gasteiger partial charge is 0.395 e. The molecule has 0 saturated carbocycles. The highest BCUT2D eigenvalue weighted by atomic mass is 16.2. The highest BCUT2D eigenvalue weighted by molar-refractivity contribution is 5.96. The maximum atomic E-state index is 12.0. The third-order valence-corrected chi connectivity index (χ3v) is 2.70. The molecule has 5 nitrogen and oxygen atoms in total. The molecule has 106 valence electrons. The second-order valence-corrected chi connectivity index (χ2v) is 4.23. The molecule has 0 aliphatic heterocycles. The van der Waals surface area contributed by atoms with Gasteiger partial charge in [-0.2, -0.15) is 0 Å². The molecule has 20 heavy (non-hydrogen) atoms. The highest BCUT2D eigenvalue weighted by Gasteiger charge is 2.10. The lowest BCUT2D eigenvalue weighted by Gasteiger charge is -2.08. The molecule has 0 spiro atoms. The summed E-state index contributed by atoms with van der Waals surface area (Å²) in [4.78, 5) is 22.6. The molecule has 2 amide bonds. The quantitative estimate of drug-likeness (QED) is 0.676. The summed E-state index contributed by atoms with van der Waals surface area (Å²) in [5.41, 5.74) is 7.05. The summed E-state index contributed by atoms with van der Waals surface area (Å²) in [5.74, 6) is 5.03. The molecule has 0 aliphatic rings. The Kier molecular flexibility index (Phi) is 6.27. The summed E-state index contributed by atoms with van der Waals surface area (Å²) >= 11 is 0. The van der Waals surface area contributed by atoms with Crippen LogP contribution in [0.25, 0.3) is 0 Å². The lowest BCUT2D eigenvalue weighted by molar-refractivity contribution is -0.117. The number of carbonyl (C=O) groups is 2. The molecule has 0 heterocycles. The SMILES string of the molecule is Cc1c(C#CCCO)cccc1C(=O)NCCC(N)=O. The highest BCUT2D eigenvalue weighted by Crippen LogP contribution is 2.12. The summed E-state index contributed by atoms with van der Waals surface area (Å²) in [7, 11) is 0. The molecular formula is C15H18N2O3. The number of nitrogens with two attached hydrogens (primary N) is 1. The zero-order valence-corrected chi connectivity index (χ0v) is 11.4. The first-order valence-corrected chi connectivity index (χ1v) is 6.32. The van der Waals surface area contributed by atoms with Gasteiger partial charge >= 0.3 is 0 Å². The van der Waals surface area contributed by atoms with Gasteiger partial charge in [0.15, 0.2) is 0 Å². The van der Waals surface area contributed by atoms with Crippen molar-refractivity contribution in [1.29, 1.82) is 0 Å². The first-order chi connectivity index (χ1) is 9.56. The number of benzene rings is 1. The molecule has 0 radical (unpaired) electrons. The second kappa shape index (κ2) is 7.97. The van der Waals surface area contributed by atoms with Gasteiger partial charge in [0.2, 0.25) is 5.91 Å². The van der Waals surface area contributed by atoms with Crippen LogP contribution in [0.1, 0.15) is 34.3 Å². The van der Waals surface area contributed by atoms with Crippen molar-refractivity contribution in [1.82, 2.24) is 5.32 Å². The number of aliphatic hydroxyl groups is 1. The molecule has 4 N–H and O–H groups in total. The van der Waals surface area contributed by atoms with Gasteiger partial charge in [0.05, 0.1) is 6.61 Å². The third kappa shape index (κ3) is 4.75. The maximum Gasteiger partial charge on any atom is 0.251 e. The molecule has 0 unspecified atom stereocenters. The average molecular weight is 274 g/mol. The van der Waals surface area contributed by atoms with Gasteiger partial charge in [0.25, 0.3) is 5.91 Å². The zero-order chi connectivity index (χ0) is 15.0. The van der Waals surface area contributed by atoms with Gasteiger partial charge in [-0.3, -0.25) is 9.59 Å². The Morgan fingerprint density at radius 3 is 2.80 bits per heavy atom. The topological polar surface area (TPSA) is 92.4 Å². The van der Waals surface area contributed by atoms with Crippen molar-refractivity contribution < 1.29 is 14.7 Å². The fourth-order valence-corrected chi connectivity index (χ4v) is 1.63. The predicted molar refractivity (Wildman–Crippen MR) is 75.9 cm³/mol. The van der Waals surface area contributed by atoms with E-state index in [-0.39, 0.29) is 25.5 Å². The fraction of sp³-hybridized carbons (Fsp3) is 0.333. The van der Waals surface area contributed by atoms with Crippen LogP contribution < -0.4 is 11.1 Å². The molecule has 5 heteroatoms. The lowest BCUT2D eigenvalue weighted by atomic mass is 10.0. The van der Waals surface area contributed by atoms with Gasteiger partial charge in [-0.05, 0) is 24.6 Å². The van der Waals surface area contributed by atoms with Crippen LogP contribution in [0.4, 0.5) is 0 Å². The average Bonchev–Trinajstić information content (AvgIpc) is 2.40. The zero-order valence-electron chi connectivity index (χ0n) is 11.4. The maximum absolute atomic E-state index is 12.0. The first-order valence-electron chi connectivity index (χ1n) is 6.32. The van der Waals surface area contributed by atoms with Crippen LogP contribution in [-0.2, 0) is 4.79 Å². The third-order valence-electron chi connectivity index (χ3n) is 2.70. The smallest absolute Gasteiger partial charge is 0.251 e. The second-order valence-electron chi connectivity index (χ2n) is 4.23. The van der Waals surface area contributed by atoms with Crippen molar-refractivity contribution in [3.05, 3.63) is 34.9 Å². The van der Waals surface area contributed by atoms with E-state index in [2.05, 4.69) is 17.2 Å². The minimum atomic E-state index is -0.453. The normalized spacial score (nSPS) is 9.50. The molecule has 1 aromatic rings. The van der Waals surface area contributed by atoms with Crippen molar-refractivity contribution in [3.63, 3.8) is 0 Å². The monoisotopic (exact) mass is 274 g/mol. The van der Waals surface area contributed by atoms with Gasteiger partial charge in [-0.15, -0.1) is 0 Å². The number of nitrogens with one attached hydrogen (secondary N) is 1. The predicted octanol–water partition coefficient (Wildman–Crippen LogP) is 0.334. The van der Waals surface area contributed by atoms with E-state index in [1.54, 1.807) is 12.1 Å². The number of hydrogen-bond donors (Lipinski definition) is 3. The Hall–Kier alpha value is -2.32. The molecule has 0 bridgehead atoms. The van der Waals surface area contributed by atoms with Crippen LogP contribution in [-0.4, -0.2) is 30.1 Å². The number of aliphatic hydroxyl groups excluding tert-OH is 1. The van der Waals surface area contributed by atoms with E-state index >= 15 is 0 Å². The Balaban J connectivity index is 2.80. The summed E-state index contributed by atoms with van der Waals surface area (Å²) in [6.07, 6.45) is 0.509. The summed E-state index contributed by atoms with van der Waals surface area (Å²) < 4.78 is 0. The van der Waals surface area contributed by atoms with Crippen LogP contribution in [0, 0.1) is 18.8 Å². The van der Waals surface area contributed by atoms with Crippen molar-refractivity contribution in [2.75, 3.05) is 13.2 Å². The minimum absolute atomic E-state index is 0.0132. The molecule has 1 aromatic carbocycles. The van der Waals surface area contributed by atoms with Crippen molar-refractivity contribution in [2.24, 2.45) is 5.73 Å². The number of amides is 2. The molecule has 0 aromatic heterocycles. The number of hydrogen-bond acceptors (Lipinski definition) is 3. The summed E-state index contributed by atoms with van der Waals surface area (Å²) in [5, 5.41) is 11.3. The van der Waals surface area contributed by atoms with E-state index in [0.717, 1.165) is 11.1 Å². The lowest BCUT2D eigenvalue weighted by Crippen LogP contribution is -2.28. The summed E-state index contributed by atoms with van der Waals surface area (Å²) in [6, 6.07) is 5.27. The van der Waals surface area contributed by atoms with E-state index < -0.39 is 5.91 Å². The van der Waals surface area contributed by atoms with Crippen LogP contribution in [0.15, 0.2) is 18.2 Å². The van der Waals surface area contributed by atoms with Crippen molar-refractivity contribution in [2.45, 2.75) is 19.8 Å². The Morgan fingerprint density at radius 1 is 1.40 bits per heavy atom. The molecule has 1 rings (SSSR count). The van der Waals surface area contributed by atoms with Gasteiger partial charge in [-0.25, -0.2) is 0 Å². The first kappa shape index (κ1) is 15.7. The van der Waals surface area contributed by atoms with Gasteiger partial charge in [0, 0.05) is 30.5 Å². The van der Waals surface area contributed by atoms with Gasteiger partial charge < -0.3 is 16.2 Å². The van der Waals surface area contributed by atoms with Gasteiger partial charge in [-0.1, -0.05) is 17.9 Å². The van der Waals surface area contributed by atoms with E-state index in [9.17, 15) is 9.59 Å². The molecule has 0 atom stereocenters. The Morgan fingerprint density at radius 2 is 2.15 bits per heavy atom. The number of rotatable bonds is 5. The molecule has 0 saturated heterocycles. The molecule has 0 aliphatic carbocycles. The van der Waals surface area contributed by atoms with E-state index in [1.165, 1.54) is 0 Å². The van der Waals surface area contributed by atoms with Crippen molar-refractivity contribution in [3.8, 4) is 11.8 Å². The van der Waals surface area contributed by atoms with Crippen LogP contribution in [0.3, 0.4) is 0 Å². The standard InChI is InChI=1S/C15H18N2O3/c1-11-12(5-2-3-10-18)6-4-7-13(11)15(20)17-9-8-14(16)19/h4,6-7,18H,3,8-10H2,1H3,(H2,16,19)(H,17,20). The number of primary amides is 1.